The van der Waals surface area contributed by atoms with E-state index in [0.717, 1.165) is 0 Å². The third-order valence-electron chi connectivity index (χ3n) is 2.30. The molecule has 0 bridgehead atoms. The Morgan fingerprint density at radius 1 is 1.40 bits per heavy atom. The van der Waals surface area contributed by atoms with Crippen LogP contribution in [0.2, 0.25) is 5.02 Å². The van der Waals surface area contributed by atoms with Crippen molar-refractivity contribution in [3.63, 3.8) is 0 Å². The predicted octanol–water partition coefficient (Wildman–Crippen LogP) is 2.30. The van der Waals surface area contributed by atoms with Crippen molar-refractivity contribution in [2.45, 2.75) is 31.2 Å². The van der Waals surface area contributed by atoms with Gasteiger partial charge in [0.25, 0.3) is 0 Å². The number of halogens is 2. The molecule has 0 saturated carbocycles. The van der Waals surface area contributed by atoms with E-state index >= 15 is 0 Å². The summed E-state index contributed by atoms with van der Waals surface area (Å²) in [6.45, 7) is 3.72. The summed E-state index contributed by atoms with van der Waals surface area (Å²) in [5.74, 6) is -0.194. The van der Waals surface area contributed by atoms with E-state index in [1.807, 2.05) is 13.8 Å². The fourth-order valence-corrected chi connectivity index (χ4v) is 3.13. The van der Waals surface area contributed by atoms with Crippen LogP contribution in [-0.2, 0) is 14.8 Å². The second-order valence-electron chi connectivity index (χ2n) is 4.45. The van der Waals surface area contributed by atoms with Crippen LogP contribution < -0.4 is 10.0 Å². The first-order valence-corrected chi connectivity index (χ1v) is 8.62. The number of sulfonamides is 1. The Labute approximate surface area is 132 Å². The molecule has 1 aromatic carbocycles. The summed E-state index contributed by atoms with van der Waals surface area (Å²) in [6.07, 6.45) is 0.0895. The molecule has 0 saturated heterocycles. The standard InChI is InChI=1S/C12H16BrClN2O3S/c1-8(2)16-12(17)5-6-15-20(18,19)9-3-4-11(14)10(13)7-9/h3-4,7-8,15H,5-6H2,1-2H3,(H,16,17). The number of amides is 1. The smallest absolute Gasteiger partial charge is 0.240 e. The van der Waals surface area contributed by atoms with Gasteiger partial charge in [0.15, 0.2) is 0 Å². The molecule has 0 atom stereocenters. The number of rotatable bonds is 6. The van der Waals surface area contributed by atoms with Gasteiger partial charge in [-0.15, -0.1) is 0 Å². The molecule has 8 heteroatoms. The summed E-state index contributed by atoms with van der Waals surface area (Å²) in [4.78, 5) is 11.5. The largest absolute Gasteiger partial charge is 0.354 e. The molecule has 0 aliphatic carbocycles. The summed E-state index contributed by atoms with van der Waals surface area (Å²) >= 11 is 8.98. The third kappa shape index (κ3) is 5.40. The average molecular weight is 384 g/mol. The van der Waals surface area contributed by atoms with E-state index in [1.165, 1.54) is 18.2 Å². The number of carbonyl (C=O) groups excluding carboxylic acids is 1. The molecule has 1 rings (SSSR count). The average Bonchev–Trinajstić information content (AvgIpc) is 2.31. The minimum atomic E-state index is -3.64. The molecule has 1 amide bonds. The van der Waals surface area contributed by atoms with Gasteiger partial charge in [-0.3, -0.25) is 4.79 Å². The van der Waals surface area contributed by atoms with Crippen LogP contribution in [0.5, 0.6) is 0 Å². The van der Waals surface area contributed by atoms with Crippen molar-refractivity contribution in [3.05, 3.63) is 27.7 Å². The second-order valence-corrected chi connectivity index (χ2v) is 7.47. The lowest BCUT2D eigenvalue weighted by Gasteiger charge is -2.10. The SMILES string of the molecule is CC(C)NC(=O)CCNS(=O)(=O)c1ccc(Cl)c(Br)c1. The van der Waals surface area contributed by atoms with Gasteiger partial charge in [0.1, 0.15) is 0 Å². The van der Waals surface area contributed by atoms with Crippen molar-refractivity contribution in [1.29, 1.82) is 0 Å². The molecule has 20 heavy (non-hydrogen) atoms. The summed E-state index contributed by atoms with van der Waals surface area (Å²) < 4.78 is 26.9. The van der Waals surface area contributed by atoms with Crippen LogP contribution in [0, 0.1) is 0 Å². The summed E-state index contributed by atoms with van der Waals surface area (Å²) in [5, 5.41) is 3.12. The molecule has 112 valence electrons. The molecular weight excluding hydrogens is 368 g/mol. The minimum Gasteiger partial charge on any atom is -0.354 e. The number of nitrogens with one attached hydrogen (secondary N) is 2. The summed E-state index contributed by atoms with van der Waals surface area (Å²) in [6, 6.07) is 4.35. The second kappa shape index (κ2) is 7.40. The van der Waals surface area contributed by atoms with E-state index in [1.54, 1.807) is 0 Å². The van der Waals surface area contributed by atoms with Crippen LogP contribution >= 0.6 is 27.5 Å². The zero-order chi connectivity index (χ0) is 15.3. The number of hydrogen-bond acceptors (Lipinski definition) is 3. The molecule has 0 heterocycles. The summed E-state index contributed by atoms with van der Waals surface area (Å²) in [5.41, 5.74) is 0. The van der Waals surface area contributed by atoms with Crippen LogP contribution in [0.1, 0.15) is 20.3 Å². The van der Waals surface area contributed by atoms with E-state index in [-0.39, 0.29) is 29.8 Å². The molecule has 0 spiro atoms. The van der Waals surface area contributed by atoms with Gasteiger partial charge >= 0.3 is 0 Å². The maximum atomic E-state index is 12.0. The third-order valence-corrected chi connectivity index (χ3v) is 4.97. The lowest BCUT2D eigenvalue weighted by Crippen LogP contribution is -2.34. The molecule has 5 nitrogen and oxygen atoms in total. The molecule has 1 aromatic rings. The van der Waals surface area contributed by atoms with E-state index < -0.39 is 10.0 Å². The highest BCUT2D eigenvalue weighted by molar-refractivity contribution is 9.10. The van der Waals surface area contributed by atoms with Crippen LogP contribution in [0.3, 0.4) is 0 Å². The fraction of sp³-hybridized carbons (Fsp3) is 0.417. The monoisotopic (exact) mass is 382 g/mol. The number of hydrogen-bond donors (Lipinski definition) is 2. The molecule has 0 unspecified atom stereocenters. The van der Waals surface area contributed by atoms with Crippen LogP contribution in [0.25, 0.3) is 0 Å². The van der Waals surface area contributed by atoms with Gasteiger partial charge in [-0.1, -0.05) is 11.6 Å². The Kier molecular flexibility index (Phi) is 6.44. The fourth-order valence-electron chi connectivity index (χ4n) is 1.42. The van der Waals surface area contributed by atoms with Gasteiger partial charge in [-0.05, 0) is 48.0 Å². The van der Waals surface area contributed by atoms with E-state index in [4.69, 9.17) is 11.6 Å². The van der Waals surface area contributed by atoms with Crippen molar-refractivity contribution in [3.8, 4) is 0 Å². The molecule has 0 fully saturated rings. The van der Waals surface area contributed by atoms with Crippen molar-refractivity contribution in [2.75, 3.05) is 6.54 Å². The zero-order valence-electron chi connectivity index (χ0n) is 11.1. The zero-order valence-corrected chi connectivity index (χ0v) is 14.3. The number of benzene rings is 1. The van der Waals surface area contributed by atoms with Gasteiger partial charge in [-0.25, -0.2) is 13.1 Å². The first-order chi connectivity index (χ1) is 9.22. The van der Waals surface area contributed by atoms with Gasteiger partial charge < -0.3 is 5.32 Å². The van der Waals surface area contributed by atoms with E-state index in [9.17, 15) is 13.2 Å². The normalized spacial score (nSPS) is 11.7. The lowest BCUT2D eigenvalue weighted by molar-refractivity contribution is -0.121. The first kappa shape index (κ1) is 17.4. The van der Waals surface area contributed by atoms with Gasteiger partial charge in [0.05, 0.1) is 9.92 Å². The maximum Gasteiger partial charge on any atom is 0.240 e. The Morgan fingerprint density at radius 2 is 2.05 bits per heavy atom. The van der Waals surface area contributed by atoms with Gasteiger partial charge in [0, 0.05) is 23.5 Å². The topological polar surface area (TPSA) is 75.3 Å². The van der Waals surface area contributed by atoms with Crippen molar-refractivity contribution >= 4 is 43.5 Å². The highest BCUT2D eigenvalue weighted by Gasteiger charge is 2.15. The van der Waals surface area contributed by atoms with Crippen LogP contribution in [0.15, 0.2) is 27.6 Å². The van der Waals surface area contributed by atoms with Gasteiger partial charge in [0.2, 0.25) is 15.9 Å². The van der Waals surface area contributed by atoms with Crippen molar-refractivity contribution < 1.29 is 13.2 Å². The minimum absolute atomic E-state index is 0.0336. The predicted molar refractivity (Wildman–Crippen MR) is 82.2 cm³/mol. The summed E-state index contributed by atoms with van der Waals surface area (Å²) in [7, 11) is -3.64. The molecule has 0 aliphatic heterocycles. The maximum absolute atomic E-state index is 12.0. The highest BCUT2D eigenvalue weighted by atomic mass is 79.9. The Bertz CT molecular complexity index is 590. The first-order valence-electron chi connectivity index (χ1n) is 5.96. The highest BCUT2D eigenvalue weighted by Crippen LogP contribution is 2.25. The van der Waals surface area contributed by atoms with Gasteiger partial charge in [-0.2, -0.15) is 0 Å². The van der Waals surface area contributed by atoms with Crippen molar-refractivity contribution in [2.24, 2.45) is 0 Å². The van der Waals surface area contributed by atoms with Crippen LogP contribution in [0.4, 0.5) is 0 Å². The molecular formula is C12H16BrClN2O3S. The van der Waals surface area contributed by atoms with Crippen molar-refractivity contribution in [1.82, 2.24) is 10.0 Å². The van der Waals surface area contributed by atoms with E-state index in [2.05, 4.69) is 26.0 Å². The molecule has 2 N–H and O–H groups in total. The Morgan fingerprint density at radius 3 is 2.60 bits per heavy atom. The molecule has 0 radical (unpaired) electrons. The van der Waals surface area contributed by atoms with Crippen LogP contribution in [-0.4, -0.2) is 26.9 Å². The molecule has 0 aromatic heterocycles. The molecule has 0 aliphatic rings. The van der Waals surface area contributed by atoms with E-state index in [0.29, 0.717) is 9.50 Å². The number of carbonyl (C=O) groups is 1. The lowest BCUT2D eigenvalue weighted by atomic mass is 10.3. The Balaban J connectivity index is 2.62. The Hall–Kier alpha value is -0.630. The quantitative estimate of drug-likeness (QED) is 0.791.